The van der Waals surface area contributed by atoms with Crippen molar-refractivity contribution >= 4 is 0 Å². The molecule has 0 amide bonds. The maximum absolute atomic E-state index is 5.42. The fraction of sp³-hybridized carbons (Fsp3) is 0.500. The first-order valence-electron chi connectivity index (χ1n) is 6.59. The number of hydrogen-bond donors (Lipinski definition) is 1. The van der Waals surface area contributed by atoms with E-state index < -0.39 is 0 Å². The molecule has 1 atom stereocenters. The molecule has 1 unspecified atom stereocenters. The first kappa shape index (κ1) is 11.5. The van der Waals surface area contributed by atoms with Crippen LogP contribution < -0.4 is 5.32 Å². The lowest BCUT2D eigenvalue weighted by Crippen LogP contribution is -2.26. The number of rotatable bonds is 4. The molecule has 0 saturated heterocycles. The Balaban J connectivity index is 1.57. The summed E-state index contributed by atoms with van der Waals surface area (Å²) >= 11 is 0. The number of furan rings is 1. The van der Waals surface area contributed by atoms with E-state index in [4.69, 9.17) is 4.42 Å². The number of nitrogens with one attached hydrogen (secondary N) is 1. The second-order valence-corrected chi connectivity index (χ2v) is 4.98. The van der Waals surface area contributed by atoms with Crippen molar-refractivity contribution in [1.29, 1.82) is 0 Å². The second kappa shape index (κ2) is 4.98. The number of nitrogens with zero attached hydrogens (tertiary/aromatic N) is 2. The van der Waals surface area contributed by atoms with Crippen LogP contribution in [-0.4, -0.2) is 16.1 Å². The molecule has 2 aromatic rings. The van der Waals surface area contributed by atoms with Crippen molar-refractivity contribution in [3.05, 3.63) is 41.9 Å². The third kappa shape index (κ3) is 2.20. The summed E-state index contributed by atoms with van der Waals surface area (Å²) < 4.78 is 7.70. The van der Waals surface area contributed by atoms with Crippen LogP contribution in [0.2, 0.25) is 0 Å². The molecule has 3 rings (SSSR count). The molecule has 0 radical (unpaired) electrons. The number of aryl methyl sites for hydroxylation is 2. The van der Waals surface area contributed by atoms with Gasteiger partial charge in [-0.2, -0.15) is 0 Å². The molecule has 1 N–H and O–H groups in total. The van der Waals surface area contributed by atoms with E-state index in [1.807, 2.05) is 12.3 Å². The number of aromatic nitrogens is 2. The van der Waals surface area contributed by atoms with Gasteiger partial charge in [-0.05, 0) is 31.4 Å². The minimum absolute atomic E-state index is 0.531. The van der Waals surface area contributed by atoms with Crippen molar-refractivity contribution in [3.8, 4) is 0 Å². The summed E-state index contributed by atoms with van der Waals surface area (Å²) in [5, 5.41) is 3.48. The number of fused-ring (bicyclic) bond motifs is 1. The zero-order chi connectivity index (χ0) is 12.4. The smallest absolute Gasteiger partial charge is 0.120 e. The summed E-state index contributed by atoms with van der Waals surface area (Å²) in [6.45, 7) is 4.96. The third-order valence-electron chi connectivity index (χ3n) is 3.71. The van der Waals surface area contributed by atoms with Gasteiger partial charge < -0.3 is 14.3 Å². The van der Waals surface area contributed by atoms with Gasteiger partial charge in [-0.25, -0.2) is 4.98 Å². The lowest BCUT2D eigenvalue weighted by atomic mass is 9.99. The Labute approximate surface area is 107 Å². The first-order chi connectivity index (χ1) is 8.84. The van der Waals surface area contributed by atoms with Gasteiger partial charge in [0.1, 0.15) is 11.6 Å². The predicted molar refractivity (Wildman–Crippen MR) is 69.4 cm³/mol. The molecule has 0 bridgehead atoms. The van der Waals surface area contributed by atoms with Crippen LogP contribution in [0.3, 0.4) is 0 Å². The van der Waals surface area contributed by atoms with Crippen LogP contribution in [-0.2, 0) is 13.1 Å². The normalized spacial score (nSPS) is 18.8. The van der Waals surface area contributed by atoms with Crippen LogP contribution in [0.15, 0.2) is 29.1 Å². The van der Waals surface area contributed by atoms with E-state index in [2.05, 4.69) is 28.0 Å². The molecule has 3 heterocycles. The van der Waals surface area contributed by atoms with E-state index in [0.717, 1.165) is 25.4 Å². The molecule has 0 aromatic carbocycles. The highest BCUT2D eigenvalue weighted by molar-refractivity contribution is 5.14. The monoisotopic (exact) mass is 245 g/mol. The molecule has 96 valence electrons. The van der Waals surface area contributed by atoms with E-state index in [-0.39, 0.29) is 0 Å². The average molecular weight is 245 g/mol. The van der Waals surface area contributed by atoms with E-state index in [1.165, 1.54) is 24.2 Å². The fourth-order valence-corrected chi connectivity index (χ4v) is 2.65. The van der Waals surface area contributed by atoms with Gasteiger partial charge in [0.2, 0.25) is 0 Å². The standard InChI is InChI=1S/C14H19N3O/c1-11-4-8-18-13(11)10-15-9-12-3-2-6-17-7-5-16-14(12)17/h4-5,7-8,12,15H,2-3,6,9-10H2,1H3. The average Bonchev–Trinajstić information content (AvgIpc) is 2.99. The van der Waals surface area contributed by atoms with Crippen molar-refractivity contribution in [2.24, 2.45) is 0 Å². The Kier molecular flexibility index (Phi) is 3.19. The van der Waals surface area contributed by atoms with Gasteiger partial charge in [-0.1, -0.05) is 0 Å². The van der Waals surface area contributed by atoms with Gasteiger partial charge in [-0.3, -0.25) is 0 Å². The van der Waals surface area contributed by atoms with E-state index in [1.54, 1.807) is 6.26 Å². The lowest BCUT2D eigenvalue weighted by Gasteiger charge is -2.23. The van der Waals surface area contributed by atoms with E-state index >= 15 is 0 Å². The summed E-state index contributed by atoms with van der Waals surface area (Å²) in [6.07, 6.45) is 8.21. The summed E-state index contributed by atoms with van der Waals surface area (Å²) in [6, 6.07) is 2.00. The highest BCUT2D eigenvalue weighted by Crippen LogP contribution is 2.24. The zero-order valence-electron chi connectivity index (χ0n) is 10.7. The van der Waals surface area contributed by atoms with Gasteiger partial charge in [0.25, 0.3) is 0 Å². The van der Waals surface area contributed by atoms with Crippen LogP contribution in [0.4, 0.5) is 0 Å². The SMILES string of the molecule is Cc1ccoc1CNCC1CCCn2ccnc21. The predicted octanol–water partition coefficient (Wildman–Crippen LogP) is 2.45. The largest absolute Gasteiger partial charge is 0.468 e. The first-order valence-corrected chi connectivity index (χ1v) is 6.59. The Morgan fingerprint density at radius 3 is 3.33 bits per heavy atom. The minimum atomic E-state index is 0.531. The molecule has 0 saturated carbocycles. The molecule has 1 aliphatic rings. The van der Waals surface area contributed by atoms with Crippen LogP contribution >= 0.6 is 0 Å². The van der Waals surface area contributed by atoms with Gasteiger partial charge in [0.15, 0.2) is 0 Å². The topological polar surface area (TPSA) is 43.0 Å². The van der Waals surface area contributed by atoms with Gasteiger partial charge in [0, 0.05) is 31.4 Å². The Bertz CT molecular complexity index is 515. The maximum atomic E-state index is 5.42. The highest BCUT2D eigenvalue weighted by Gasteiger charge is 2.20. The summed E-state index contributed by atoms with van der Waals surface area (Å²) in [5.41, 5.74) is 1.22. The molecule has 2 aromatic heterocycles. The maximum Gasteiger partial charge on any atom is 0.120 e. The van der Waals surface area contributed by atoms with Crippen LogP contribution in [0, 0.1) is 6.92 Å². The molecule has 1 aliphatic heterocycles. The van der Waals surface area contributed by atoms with Gasteiger partial charge in [-0.15, -0.1) is 0 Å². The quantitative estimate of drug-likeness (QED) is 0.899. The Morgan fingerprint density at radius 2 is 2.50 bits per heavy atom. The zero-order valence-corrected chi connectivity index (χ0v) is 10.7. The highest BCUT2D eigenvalue weighted by atomic mass is 16.3. The van der Waals surface area contributed by atoms with Crippen molar-refractivity contribution in [1.82, 2.24) is 14.9 Å². The summed E-state index contributed by atoms with van der Waals surface area (Å²) in [7, 11) is 0. The van der Waals surface area contributed by atoms with Crippen molar-refractivity contribution in [2.75, 3.05) is 6.54 Å². The number of hydrogen-bond acceptors (Lipinski definition) is 3. The minimum Gasteiger partial charge on any atom is -0.468 e. The lowest BCUT2D eigenvalue weighted by molar-refractivity contribution is 0.409. The van der Waals surface area contributed by atoms with Crippen molar-refractivity contribution < 1.29 is 4.42 Å². The van der Waals surface area contributed by atoms with Crippen LogP contribution in [0.25, 0.3) is 0 Å². The van der Waals surface area contributed by atoms with Gasteiger partial charge >= 0.3 is 0 Å². The molecule has 4 heteroatoms. The molecule has 0 spiro atoms. The molecule has 18 heavy (non-hydrogen) atoms. The third-order valence-corrected chi connectivity index (χ3v) is 3.71. The number of imidazole rings is 1. The van der Waals surface area contributed by atoms with Crippen LogP contribution in [0.5, 0.6) is 0 Å². The summed E-state index contributed by atoms with van der Waals surface area (Å²) in [5.74, 6) is 2.79. The van der Waals surface area contributed by atoms with Crippen LogP contribution in [0.1, 0.15) is 35.9 Å². The van der Waals surface area contributed by atoms with E-state index in [9.17, 15) is 0 Å². The fourth-order valence-electron chi connectivity index (χ4n) is 2.65. The molecular weight excluding hydrogens is 226 g/mol. The molecule has 0 fully saturated rings. The van der Waals surface area contributed by atoms with Crippen molar-refractivity contribution in [3.63, 3.8) is 0 Å². The molecular formula is C14H19N3O. The molecule has 0 aliphatic carbocycles. The summed E-state index contributed by atoms with van der Waals surface area (Å²) in [4.78, 5) is 4.47. The van der Waals surface area contributed by atoms with Gasteiger partial charge in [0.05, 0.1) is 12.8 Å². The van der Waals surface area contributed by atoms with E-state index in [0.29, 0.717) is 5.92 Å². The Hall–Kier alpha value is -1.55. The Morgan fingerprint density at radius 1 is 1.56 bits per heavy atom. The second-order valence-electron chi connectivity index (χ2n) is 4.98. The van der Waals surface area contributed by atoms with Crippen molar-refractivity contribution in [2.45, 2.75) is 38.8 Å². The molecule has 4 nitrogen and oxygen atoms in total.